The number of nitrogens with two attached hydrogens (primary N) is 1. The van der Waals surface area contributed by atoms with Crippen LogP contribution in [0.2, 0.25) is 0 Å². The molecule has 0 saturated heterocycles. The van der Waals surface area contributed by atoms with Crippen LogP contribution in [0.1, 0.15) is 64.0 Å². The van der Waals surface area contributed by atoms with Crippen molar-refractivity contribution in [3.8, 4) is 0 Å². The second-order valence-corrected chi connectivity index (χ2v) is 7.16. The van der Waals surface area contributed by atoms with Crippen molar-refractivity contribution < 1.29 is 4.79 Å². The van der Waals surface area contributed by atoms with Gasteiger partial charge in [-0.15, -0.1) is 0 Å². The molecule has 1 heterocycles. The number of rotatable bonds is 4. The van der Waals surface area contributed by atoms with Gasteiger partial charge in [0.25, 0.3) is 5.91 Å². The maximum absolute atomic E-state index is 12.4. The number of aryl methyl sites for hydroxylation is 1. The van der Waals surface area contributed by atoms with Crippen molar-refractivity contribution in [2.45, 2.75) is 71.4 Å². The van der Waals surface area contributed by atoms with Crippen LogP contribution in [0.4, 0.5) is 5.69 Å². The van der Waals surface area contributed by atoms with Crippen molar-refractivity contribution in [2.75, 3.05) is 4.90 Å². The third-order valence-corrected chi connectivity index (χ3v) is 4.75. The fourth-order valence-electron chi connectivity index (χ4n) is 3.90. The summed E-state index contributed by atoms with van der Waals surface area (Å²) in [5.74, 6) is 5.84. The molecule has 2 atom stereocenters. The number of nitrogens with zero attached hydrogens (tertiary/aromatic N) is 1. The molecule has 0 aromatic heterocycles. The quantitative estimate of drug-likeness (QED) is 0.510. The summed E-state index contributed by atoms with van der Waals surface area (Å²) >= 11 is 0. The van der Waals surface area contributed by atoms with Gasteiger partial charge in [-0.2, -0.15) is 0 Å². The van der Waals surface area contributed by atoms with Gasteiger partial charge >= 0.3 is 0 Å². The number of hydrogen-bond donors (Lipinski definition) is 2. The van der Waals surface area contributed by atoms with E-state index in [1.54, 1.807) is 0 Å². The van der Waals surface area contributed by atoms with Crippen molar-refractivity contribution in [2.24, 2.45) is 5.84 Å². The number of anilines is 1. The first kappa shape index (κ1) is 16.8. The van der Waals surface area contributed by atoms with Crippen LogP contribution in [0.15, 0.2) is 18.2 Å². The second kappa shape index (κ2) is 6.29. The van der Waals surface area contributed by atoms with E-state index in [9.17, 15) is 4.79 Å². The molecule has 1 aromatic rings. The Labute approximate surface area is 134 Å². The van der Waals surface area contributed by atoms with Crippen LogP contribution >= 0.6 is 0 Å². The fraction of sp³-hybridized carbons (Fsp3) is 0.611. The van der Waals surface area contributed by atoms with Crippen LogP contribution < -0.4 is 16.2 Å². The number of fused-ring (bicyclic) bond motifs is 1. The normalized spacial score (nSPS) is 21.2. The predicted octanol–water partition coefficient (Wildman–Crippen LogP) is 3.25. The molecule has 22 heavy (non-hydrogen) atoms. The van der Waals surface area contributed by atoms with E-state index < -0.39 is 0 Å². The van der Waals surface area contributed by atoms with Crippen LogP contribution in [0.3, 0.4) is 0 Å². The number of carbonyl (C=O) groups excluding carboxylic acids is 1. The molecular formula is C18H29N3O. The minimum absolute atomic E-state index is 0.0768. The SMILES string of the molecule is CCCC(C(=O)NN)N1c2cc(C)ccc2C(C)CC1(C)C. The molecular weight excluding hydrogens is 274 g/mol. The van der Waals surface area contributed by atoms with Gasteiger partial charge in [-0.05, 0) is 56.7 Å². The number of hydrazine groups is 1. The first-order valence-corrected chi connectivity index (χ1v) is 8.22. The summed E-state index contributed by atoms with van der Waals surface area (Å²) in [6, 6.07) is 6.35. The zero-order valence-electron chi connectivity index (χ0n) is 14.4. The number of amides is 1. The monoisotopic (exact) mass is 303 g/mol. The van der Waals surface area contributed by atoms with E-state index in [1.165, 1.54) is 16.8 Å². The molecule has 4 heteroatoms. The Morgan fingerprint density at radius 1 is 1.50 bits per heavy atom. The standard InChI is InChI=1S/C18H29N3O/c1-6-7-15(17(22)20-19)21-16-10-12(2)8-9-14(16)13(3)11-18(21,4)5/h8-10,13,15H,6-7,11,19H2,1-5H3,(H,20,22). The molecule has 0 bridgehead atoms. The van der Waals surface area contributed by atoms with Crippen LogP contribution in [-0.2, 0) is 4.79 Å². The van der Waals surface area contributed by atoms with E-state index in [0.717, 1.165) is 19.3 Å². The van der Waals surface area contributed by atoms with E-state index in [0.29, 0.717) is 5.92 Å². The van der Waals surface area contributed by atoms with Gasteiger partial charge in [0.2, 0.25) is 0 Å². The highest BCUT2D eigenvalue weighted by molar-refractivity contribution is 5.86. The smallest absolute Gasteiger partial charge is 0.256 e. The van der Waals surface area contributed by atoms with Gasteiger partial charge in [0.1, 0.15) is 6.04 Å². The first-order valence-electron chi connectivity index (χ1n) is 8.22. The molecule has 2 rings (SSSR count). The average Bonchev–Trinajstić information content (AvgIpc) is 2.44. The minimum Gasteiger partial charge on any atom is -0.354 e. The Morgan fingerprint density at radius 2 is 2.18 bits per heavy atom. The lowest BCUT2D eigenvalue weighted by Crippen LogP contribution is -2.59. The molecule has 1 aliphatic rings. The third kappa shape index (κ3) is 2.98. The average molecular weight is 303 g/mol. The summed E-state index contributed by atoms with van der Waals surface area (Å²) in [4.78, 5) is 14.7. The Morgan fingerprint density at radius 3 is 2.77 bits per heavy atom. The van der Waals surface area contributed by atoms with Gasteiger partial charge in [0, 0.05) is 11.2 Å². The highest BCUT2D eigenvalue weighted by atomic mass is 16.2. The Hall–Kier alpha value is -1.55. The molecule has 1 aliphatic heterocycles. The van der Waals surface area contributed by atoms with Crippen LogP contribution in [0.5, 0.6) is 0 Å². The topological polar surface area (TPSA) is 58.4 Å². The van der Waals surface area contributed by atoms with Crippen molar-refractivity contribution in [3.63, 3.8) is 0 Å². The summed E-state index contributed by atoms with van der Waals surface area (Å²) in [7, 11) is 0. The highest BCUT2D eigenvalue weighted by Gasteiger charge is 2.41. The zero-order chi connectivity index (χ0) is 16.5. The van der Waals surface area contributed by atoms with Gasteiger partial charge in [0.05, 0.1) is 0 Å². The van der Waals surface area contributed by atoms with E-state index in [1.807, 2.05) is 0 Å². The zero-order valence-corrected chi connectivity index (χ0v) is 14.4. The molecule has 0 aliphatic carbocycles. The van der Waals surface area contributed by atoms with Crippen LogP contribution in [0, 0.1) is 6.92 Å². The van der Waals surface area contributed by atoms with Crippen molar-refractivity contribution in [3.05, 3.63) is 29.3 Å². The fourth-order valence-corrected chi connectivity index (χ4v) is 3.90. The lowest BCUT2D eigenvalue weighted by Gasteiger charge is -2.50. The molecule has 1 aromatic carbocycles. The van der Waals surface area contributed by atoms with E-state index in [4.69, 9.17) is 5.84 Å². The highest BCUT2D eigenvalue weighted by Crippen LogP contribution is 2.45. The summed E-state index contributed by atoms with van der Waals surface area (Å²) in [5, 5.41) is 0. The summed E-state index contributed by atoms with van der Waals surface area (Å²) in [6.07, 6.45) is 2.77. The molecule has 0 saturated carbocycles. The van der Waals surface area contributed by atoms with Gasteiger partial charge in [-0.3, -0.25) is 10.2 Å². The minimum atomic E-state index is -0.224. The Kier molecular flexibility index (Phi) is 4.81. The molecule has 0 radical (unpaired) electrons. The van der Waals surface area contributed by atoms with Gasteiger partial charge < -0.3 is 4.90 Å². The number of benzene rings is 1. The molecule has 2 unspecified atom stereocenters. The lowest BCUT2D eigenvalue weighted by molar-refractivity contribution is -0.123. The number of hydrogen-bond acceptors (Lipinski definition) is 3. The second-order valence-electron chi connectivity index (χ2n) is 7.16. The molecule has 0 fully saturated rings. The molecule has 0 spiro atoms. The summed E-state index contributed by atoms with van der Waals surface area (Å²) < 4.78 is 0. The van der Waals surface area contributed by atoms with Crippen molar-refractivity contribution in [1.82, 2.24) is 5.43 Å². The third-order valence-electron chi connectivity index (χ3n) is 4.75. The largest absolute Gasteiger partial charge is 0.354 e. The van der Waals surface area contributed by atoms with E-state index in [2.05, 4.69) is 63.1 Å². The predicted molar refractivity (Wildman–Crippen MR) is 91.8 cm³/mol. The van der Waals surface area contributed by atoms with E-state index in [-0.39, 0.29) is 17.5 Å². The molecule has 1 amide bonds. The molecule has 122 valence electrons. The summed E-state index contributed by atoms with van der Waals surface area (Å²) in [6.45, 7) is 10.9. The lowest BCUT2D eigenvalue weighted by atomic mass is 9.78. The van der Waals surface area contributed by atoms with Crippen molar-refractivity contribution >= 4 is 11.6 Å². The van der Waals surface area contributed by atoms with E-state index >= 15 is 0 Å². The maximum atomic E-state index is 12.4. The first-order chi connectivity index (χ1) is 10.3. The van der Waals surface area contributed by atoms with Gasteiger partial charge in [0.15, 0.2) is 0 Å². The molecule has 3 N–H and O–H groups in total. The van der Waals surface area contributed by atoms with Crippen molar-refractivity contribution in [1.29, 1.82) is 0 Å². The Bertz CT molecular complexity index is 553. The van der Waals surface area contributed by atoms with Gasteiger partial charge in [-0.1, -0.05) is 32.4 Å². The van der Waals surface area contributed by atoms with Gasteiger partial charge in [-0.25, -0.2) is 5.84 Å². The summed E-state index contributed by atoms with van der Waals surface area (Å²) in [5.41, 5.74) is 6.02. The van der Waals surface area contributed by atoms with Crippen LogP contribution in [-0.4, -0.2) is 17.5 Å². The van der Waals surface area contributed by atoms with Crippen LogP contribution in [0.25, 0.3) is 0 Å². The Balaban J connectivity index is 2.57. The molecule has 4 nitrogen and oxygen atoms in total. The maximum Gasteiger partial charge on any atom is 0.256 e. The number of nitrogens with one attached hydrogen (secondary N) is 1. The number of carbonyl (C=O) groups is 1.